The van der Waals surface area contributed by atoms with Gasteiger partial charge in [0.25, 0.3) is 5.91 Å². The molecule has 0 spiro atoms. The number of benzene rings is 1. The average molecular weight is 335 g/mol. The number of carbonyl (C=O) groups excluding carboxylic acids is 2. The number of carbonyl (C=O) groups is 2. The number of ether oxygens (including phenoxy) is 2. The molecule has 132 valence electrons. The fourth-order valence-electron chi connectivity index (χ4n) is 2.68. The SMILES string of the molecule is COc1cc(CNC(=O)CCC2CCNC2)ccc1OCC(N)=O. The zero-order valence-corrected chi connectivity index (χ0v) is 14.0. The highest BCUT2D eigenvalue weighted by Crippen LogP contribution is 2.28. The molecule has 24 heavy (non-hydrogen) atoms. The first-order chi connectivity index (χ1) is 11.6. The lowest BCUT2D eigenvalue weighted by molar-refractivity contribution is -0.121. The van der Waals surface area contributed by atoms with Crippen LogP contribution in [0.2, 0.25) is 0 Å². The molecule has 1 aromatic carbocycles. The summed E-state index contributed by atoms with van der Waals surface area (Å²) >= 11 is 0. The highest BCUT2D eigenvalue weighted by Gasteiger charge is 2.15. The minimum atomic E-state index is -0.550. The van der Waals surface area contributed by atoms with Crippen molar-refractivity contribution >= 4 is 11.8 Å². The fraction of sp³-hybridized carbons (Fsp3) is 0.529. The molecule has 2 amide bonds. The van der Waals surface area contributed by atoms with Gasteiger partial charge in [-0.15, -0.1) is 0 Å². The van der Waals surface area contributed by atoms with Gasteiger partial charge in [0.05, 0.1) is 7.11 Å². The molecule has 1 aromatic rings. The van der Waals surface area contributed by atoms with Crippen LogP contribution in [-0.2, 0) is 16.1 Å². The Morgan fingerprint density at radius 3 is 2.88 bits per heavy atom. The van der Waals surface area contributed by atoms with Gasteiger partial charge in [0.15, 0.2) is 18.1 Å². The monoisotopic (exact) mass is 335 g/mol. The largest absolute Gasteiger partial charge is 0.493 e. The number of primary amides is 1. The number of nitrogens with one attached hydrogen (secondary N) is 2. The van der Waals surface area contributed by atoms with Gasteiger partial charge in [-0.05, 0) is 49.5 Å². The lowest BCUT2D eigenvalue weighted by atomic mass is 10.0. The molecule has 1 fully saturated rings. The molecule has 0 radical (unpaired) electrons. The molecule has 7 heteroatoms. The number of nitrogens with two attached hydrogens (primary N) is 1. The van der Waals surface area contributed by atoms with Crippen LogP contribution in [0.15, 0.2) is 18.2 Å². The zero-order valence-electron chi connectivity index (χ0n) is 14.0. The number of methoxy groups -OCH3 is 1. The smallest absolute Gasteiger partial charge is 0.255 e. The van der Waals surface area contributed by atoms with Gasteiger partial charge in [-0.25, -0.2) is 0 Å². The first-order valence-corrected chi connectivity index (χ1v) is 8.14. The Balaban J connectivity index is 1.80. The summed E-state index contributed by atoms with van der Waals surface area (Å²) in [5.74, 6) is 1.05. The van der Waals surface area contributed by atoms with E-state index in [-0.39, 0.29) is 12.5 Å². The van der Waals surface area contributed by atoms with Crippen LogP contribution >= 0.6 is 0 Å². The van der Waals surface area contributed by atoms with Gasteiger partial charge < -0.3 is 25.8 Å². The second-order valence-electron chi connectivity index (χ2n) is 5.91. The van der Waals surface area contributed by atoms with Crippen molar-refractivity contribution in [1.82, 2.24) is 10.6 Å². The summed E-state index contributed by atoms with van der Waals surface area (Å²) in [5.41, 5.74) is 5.96. The van der Waals surface area contributed by atoms with E-state index in [1.54, 1.807) is 12.1 Å². The summed E-state index contributed by atoms with van der Waals surface area (Å²) in [6.07, 6.45) is 2.61. The molecule has 1 saturated heterocycles. The van der Waals surface area contributed by atoms with Gasteiger partial charge in [0, 0.05) is 13.0 Å². The summed E-state index contributed by atoms with van der Waals surface area (Å²) in [7, 11) is 1.52. The van der Waals surface area contributed by atoms with Crippen molar-refractivity contribution in [3.05, 3.63) is 23.8 Å². The molecule has 2 rings (SSSR count). The van der Waals surface area contributed by atoms with Gasteiger partial charge in [-0.1, -0.05) is 6.07 Å². The van der Waals surface area contributed by atoms with Crippen LogP contribution in [0.4, 0.5) is 0 Å². The predicted octanol–water partition coefficient (Wildman–Crippen LogP) is 0.565. The van der Waals surface area contributed by atoms with Crippen molar-refractivity contribution in [1.29, 1.82) is 0 Å². The van der Waals surface area contributed by atoms with Crippen LogP contribution in [0.5, 0.6) is 11.5 Å². The van der Waals surface area contributed by atoms with Crippen molar-refractivity contribution in [2.45, 2.75) is 25.8 Å². The molecular weight excluding hydrogens is 310 g/mol. The van der Waals surface area contributed by atoms with Gasteiger partial charge in [-0.2, -0.15) is 0 Å². The molecule has 7 nitrogen and oxygen atoms in total. The van der Waals surface area contributed by atoms with Crippen molar-refractivity contribution in [2.75, 3.05) is 26.8 Å². The molecular formula is C17H25N3O4. The quantitative estimate of drug-likeness (QED) is 0.612. The van der Waals surface area contributed by atoms with E-state index in [0.29, 0.717) is 30.4 Å². The Kier molecular flexibility index (Phi) is 6.87. The third-order valence-electron chi connectivity index (χ3n) is 4.03. The highest BCUT2D eigenvalue weighted by atomic mass is 16.5. The first kappa shape index (κ1) is 18.1. The van der Waals surface area contributed by atoms with E-state index in [1.807, 2.05) is 6.07 Å². The molecule has 4 N–H and O–H groups in total. The van der Waals surface area contributed by atoms with Crippen LogP contribution in [0.25, 0.3) is 0 Å². The van der Waals surface area contributed by atoms with Crippen LogP contribution < -0.4 is 25.8 Å². The van der Waals surface area contributed by atoms with E-state index in [1.165, 1.54) is 7.11 Å². The normalized spacial score (nSPS) is 16.6. The Morgan fingerprint density at radius 2 is 2.21 bits per heavy atom. The summed E-state index contributed by atoms with van der Waals surface area (Å²) in [6.45, 7) is 2.28. The van der Waals surface area contributed by atoms with E-state index in [2.05, 4.69) is 10.6 Å². The van der Waals surface area contributed by atoms with E-state index in [4.69, 9.17) is 15.2 Å². The van der Waals surface area contributed by atoms with E-state index < -0.39 is 5.91 Å². The average Bonchev–Trinajstić information content (AvgIpc) is 3.10. The molecule has 1 aliphatic heterocycles. The maximum Gasteiger partial charge on any atom is 0.255 e. The summed E-state index contributed by atoms with van der Waals surface area (Å²) in [5, 5.41) is 6.22. The Hall–Kier alpha value is -2.28. The van der Waals surface area contributed by atoms with Crippen LogP contribution in [0, 0.1) is 5.92 Å². The topological polar surface area (TPSA) is 103 Å². The second kappa shape index (κ2) is 9.12. The van der Waals surface area contributed by atoms with E-state index in [9.17, 15) is 9.59 Å². The van der Waals surface area contributed by atoms with Crippen LogP contribution in [0.3, 0.4) is 0 Å². The van der Waals surface area contributed by atoms with Gasteiger partial charge >= 0.3 is 0 Å². The number of amides is 2. The third-order valence-corrected chi connectivity index (χ3v) is 4.03. The van der Waals surface area contributed by atoms with Crippen molar-refractivity contribution in [3.63, 3.8) is 0 Å². The fourth-order valence-corrected chi connectivity index (χ4v) is 2.68. The molecule has 0 bridgehead atoms. The Morgan fingerprint density at radius 1 is 1.38 bits per heavy atom. The standard InChI is InChI=1S/C17H25N3O4/c1-23-15-8-13(2-4-14(15)24-11-16(18)21)10-20-17(22)5-3-12-6-7-19-9-12/h2,4,8,12,19H,3,5-7,9-11H2,1H3,(H2,18,21)(H,20,22). The Bertz CT molecular complexity index is 571. The number of hydrogen-bond donors (Lipinski definition) is 3. The van der Waals surface area contributed by atoms with Crippen molar-refractivity contribution in [3.8, 4) is 11.5 Å². The number of rotatable bonds is 9. The van der Waals surface area contributed by atoms with E-state index >= 15 is 0 Å². The van der Waals surface area contributed by atoms with Crippen molar-refractivity contribution < 1.29 is 19.1 Å². The maximum atomic E-state index is 11.9. The van der Waals surface area contributed by atoms with Gasteiger partial charge in [-0.3, -0.25) is 9.59 Å². The number of hydrogen-bond acceptors (Lipinski definition) is 5. The lowest BCUT2D eigenvalue weighted by Gasteiger charge is -2.12. The van der Waals surface area contributed by atoms with E-state index in [0.717, 1.165) is 31.5 Å². The molecule has 0 saturated carbocycles. The molecule has 1 atom stereocenters. The van der Waals surface area contributed by atoms with Gasteiger partial charge in [0.1, 0.15) is 0 Å². The Labute approximate surface area is 141 Å². The summed E-state index contributed by atoms with van der Waals surface area (Å²) in [4.78, 5) is 22.7. The second-order valence-corrected chi connectivity index (χ2v) is 5.91. The van der Waals surface area contributed by atoms with Crippen LogP contribution in [-0.4, -0.2) is 38.6 Å². The molecule has 0 aliphatic carbocycles. The third kappa shape index (κ3) is 5.73. The minimum Gasteiger partial charge on any atom is -0.493 e. The molecule has 1 aliphatic rings. The maximum absolute atomic E-state index is 11.9. The zero-order chi connectivity index (χ0) is 17.4. The molecule has 0 aromatic heterocycles. The molecule has 1 heterocycles. The predicted molar refractivity (Wildman–Crippen MR) is 89.7 cm³/mol. The summed E-state index contributed by atoms with van der Waals surface area (Å²) in [6, 6.07) is 5.30. The first-order valence-electron chi connectivity index (χ1n) is 8.14. The minimum absolute atomic E-state index is 0.0509. The van der Waals surface area contributed by atoms with Crippen LogP contribution in [0.1, 0.15) is 24.8 Å². The molecule has 1 unspecified atom stereocenters. The lowest BCUT2D eigenvalue weighted by Crippen LogP contribution is -2.23. The van der Waals surface area contributed by atoms with Gasteiger partial charge in [0.2, 0.25) is 5.91 Å². The highest BCUT2D eigenvalue weighted by molar-refractivity contribution is 5.76. The van der Waals surface area contributed by atoms with Crippen molar-refractivity contribution in [2.24, 2.45) is 11.7 Å². The summed E-state index contributed by atoms with van der Waals surface area (Å²) < 4.78 is 10.5.